The summed E-state index contributed by atoms with van der Waals surface area (Å²) in [7, 11) is 0. The number of hydroxylamine groups is 4. The topological polar surface area (TPSA) is 188 Å². The second kappa shape index (κ2) is 29.6. The molecule has 23 heavy (non-hydrogen) atoms. The number of hydrogen-bond donors (Lipinski definition) is 4. The van der Waals surface area contributed by atoms with Crippen molar-refractivity contribution in [2.45, 2.75) is 51.9 Å². The minimum atomic E-state index is -0.313. The summed E-state index contributed by atoms with van der Waals surface area (Å²) in [4.78, 5) is 0. The number of nitrogens with zero attached hydrogens (tertiary/aromatic N) is 2. The summed E-state index contributed by atoms with van der Waals surface area (Å²) in [6.45, 7) is 6.57. The SMILES string of the molecule is CC(N[O-])C(C)N[O-].CC(N[O-])C(C)N[O-].N#C[S-].N#C[S-].[Co]. The Morgan fingerprint density at radius 1 is 0.652 bits per heavy atom. The van der Waals surface area contributed by atoms with E-state index in [-0.39, 0.29) is 40.9 Å². The van der Waals surface area contributed by atoms with Crippen molar-refractivity contribution in [1.82, 2.24) is 21.9 Å². The van der Waals surface area contributed by atoms with Crippen LogP contribution in [0.5, 0.6) is 0 Å². The zero-order chi connectivity index (χ0) is 18.6. The Hall–Kier alpha value is -0.394. The summed E-state index contributed by atoms with van der Waals surface area (Å²) in [5.74, 6) is 0. The van der Waals surface area contributed by atoms with E-state index in [1.807, 2.05) is 0 Å². The molecule has 4 N–H and O–H groups in total. The average molecular weight is 411 g/mol. The summed E-state index contributed by atoms with van der Waals surface area (Å²) in [5, 5.41) is 56.1. The first-order valence-corrected chi connectivity index (χ1v) is 6.62. The van der Waals surface area contributed by atoms with E-state index in [9.17, 15) is 20.8 Å². The molecule has 0 aliphatic carbocycles. The van der Waals surface area contributed by atoms with E-state index in [0.717, 1.165) is 0 Å². The van der Waals surface area contributed by atoms with Crippen molar-refractivity contribution in [2.24, 2.45) is 0 Å². The molecule has 0 amide bonds. The molecule has 0 aliphatic rings. The van der Waals surface area contributed by atoms with Crippen molar-refractivity contribution in [3.63, 3.8) is 0 Å². The van der Waals surface area contributed by atoms with Gasteiger partial charge in [0, 0.05) is 40.9 Å². The van der Waals surface area contributed by atoms with E-state index in [1.165, 1.54) is 10.8 Å². The first kappa shape index (κ1) is 34.0. The predicted molar refractivity (Wildman–Crippen MR) is 89.8 cm³/mol. The van der Waals surface area contributed by atoms with Gasteiger partial charge < -0.3 is 68.0 Å². The molecule has 1 radical (unpaired) electrons. The zero-order valence-electron chi connectivity index (χ0n) is 13.0. The van der Waals surface area contributed by atoms with Crippen molar-refractivity contribution in [2.75, 3.05) is 0 Å². The van der Waals surface area contributed by atoms with Crippen molar-refractivity contribution >= 4 is 25.3 Å². The van der Waals surface area contributed by atoms with Gasteiger partial charge in [-0.3, -0.25) is 0 Å². The number of nitrogens with one attached hydrogen (secondary N) is 4. The van der Waals surface area contributed by atoms with Crippen LogP contribution in [0.4, 0.5) is 0 Å². The van der Waals surface area contributed by atoms with E-state index in [2.05, 4.69) is 25.3 Å². The van der Waals surface area contributed by atoms with Gasteiger partial charge in [0.05, 0.1) is 0 Å². The Morgan fingerprint density at radius 2 is 0.739 bits per heavy atom. The van der Waals surface area contributed by atoms with Gasteiger partial charge in [0.15, 0.2) is 0 Å². The van der Waals surface area contributed by atoms with E-state index in [0.29, 0.717) is 0 Å². The van der Waals surface area contributed by atoms with E-state index < -0.39 is 0 Å². The van der Waals surface area contributed by atoms with Crippen LogP contribution in [-0.4, -0.2) is 24.2 Å². The van der Waals surface area contributed by atoms with Crippen LogP contribution in [0.15, 0.2) is 0 Å². The number of hydrogen-bond acceptors (Lipinski definition) is 12. The van der Waals surface area contributed by atoms with Crippen LogP contribution in [0.25, 0.3) is 0 Å². The molecule has 0 fully saturated rings. The molecule has 0 heterocycles. The molecule has 13 heteroatoms. The zero-order valence-corrected chi connectivity index (χ0v) is 15.7. The maximum Gasteiger partial charge on any atom is 0.00653 e. The Bertz CT molecular complexity index is 252. The molecule has 4 atom stereocenters. The summed E-state index contributed by atoms with van der Waals surface area (Å²) >= 11 is 7.40. The maximum absolute atomic E-state index is 9.80. The average Bonchev–Trinajstić information content (AvgIpc) is 2.53. The maximum atomic E-state index is 9.80. The van der Waals surface area contributed by atoms with Crippen LogP contribution < -0.4 is 21.9 Å². The minimum Gasteiger partial charge on any atom is -0.788 e. The predicted octanol–water partition coefficient (Wildman–Crippen LogP) is -0.0973. The molecular formula is C10H20CoN6O4S2-6. The molecule has 0 bridgehead atoms. The van der Waals surface area contributed by atoms with Crippen molar-refractivity contribution in [1.29, 1.82) is 10.5 Å². The van der Waals surface area contributed by atoms with Crippen LogP contribution in [0.1, 0.15) is 27.7 Å². The second-order valence-electron chi connectivity index (χ2n) is 3.81. The van der Waals surface area contributed by atoms with Gasteiger partial charge in [0.1, 0.15) is 0 Å². The fourth-order valence-electron chi connectivity index (χ4n) is 0.408. The standard InChI is InChI=1S/2C4H10N2O2.2CHNS.Co/c2*1-3(5-7)4(2)6-8;2*2-1-3;/h2*3-6H,1-2H3;2*3H;/q2*-2;;;/p-2. The van der Waals surface area contributed by atoms with Gasteiger partial charge in [-0.2, -0.15) is 0 Å². The van der Waals surface area contributed by atoms with E-state index >= 15 is 0 Å². The fraction of sp³-hybridized carbons (Fsp3) is 0.800. The molecule has 0 aromatic carbocycles. The Labute approximate surface area is 158 Å². The van der Waals surface area contributed by atoms with Crippen molar-refractivity contribution in [3.05, 3.63) is 20.8 Å². The molecule has 141 valence electrons. The third-order valence-corrected chi connectivity index (χ3v) is 2.24. The molecule has 10 nitrogen and oxygen atoms in total. The number of rotatable bonds is 6. The molecule has 0 aromatic rings. The van der Waals surface area contributed by atoms with Gasteiger partial charge in [0.2, 0.25) is 0 Å². The first-order valence-electron chi connectivity index (χ1n) is 5.80. The third kappa shape index (κ3) is 34.1. The van der Waals surface area contributed by atoms with Crippen LogP contribution in [0, 0.1) is 42.2 Å². The summed E-state index contributed by atoms with van der Waals surface area (Å²) in [6, 6.07) is -1.25. The summed E-state index contributed by atoms with van der Waals surface area (Å²) in [5.41, 5.74) is 6.81. The smallest absolute Gasteiger partial charge is 0.00653 e. The quantitative estimate of drug-likeness (QED) is 0.258. The minimum absolute atomic E-state index is 0. The second-order valence-corrected chi connectivity index (χ2v) is 4.17. The molecular weight excluding hydrogens is 391 g/mol. The van der Waals surface area contributed by atoms with Crippen LogP contribution >= 0.6 is 0 Å². The number of thiocyanates is 2. The number of nitriles is 2. The summed E-state index contributed by atoms with van der Waals surface area (Å²) < 4.78 is 0. The van der Waals surface area contributed by atoms with Gasteiger partial charge in [-0.25, -0.2) is 10.5 Å². The van der Waals surface area contributed by atoms with Gasteiger partial charge >= 0.3 is 0 Å². The Kier molecular flexibility index (Phi) is 43.8. The Morgan fingerprint density at radius 3 is 0.783 bits per heavy atom. The molecule has 0 rings (SSSR count). The van der Waals surface area contributed by atoms with Gasteiger partial charge in [-0.15, -0.1) is 0 Å². The van der Waals surface area contributed by atoms with Crippen molar-refractivity contribution < 1.29 is 16.8 Å². The summed E-state index contributed by atoms with van der Waals surface area (Å²) in [6.07, 6.45) is 0. The van der Waals surface area contributed by atoms with E-state index in [1.54, 1.807) is 49.6 Å². The third-order valence-electron chi connectivity index (χ3n) is 2.24. The van der Waals surface area contributed by atoms with E-state index in [4.69, 9.17) is 10.5 Å². The molecule has 0 aliphatic heterocycles. The van der Waals surface area contributed by atoms with Crippen LogP contribution in [0.2, 0.25) is 0 Å². The largest absolute Gasteiger partial charge is 0.788 e. The molecule has 0 saturated heterocycles. The molecule has 0 spiro atoms. The molecule has 0 aromatic heterocycles. The fourth-order valence-corrected chi connectivity index (χ4v) is 0.408. The monoisotopic (exact) mass is 411 g/mol. The first-order chi connectivity index (χ1) is 10.3. The van der Waals surface area contributed by atoms with Gasteiger partial charge in [0.25, 0.3) is 0 Å². The van der Waals surface area contributed by atoms with Crippen molar-refractivity contribution in [3.8, 4) is 10.8 Å². The van der Waals surface area contributed by atoms with Crippen LogP contribution in [0.3, 0.4) is 0 Å². The molecule has 0 saturated carbocycles. The normalized spacial score (nSPS) is 13.1. The van der Waals surface area contributed by atoms with Gasteiger partial charge in [-0.05, 0) is 27.7 Å². The van der Waals surface area contributed by atoms with Gasteiger partial charge in [-0.1, -0.05) is 10.8 Å². The van der Waals surface area contributed by atoms with Crippen LogP contribution in [-0.2, 0) is 42.0 Å². The molecule has 4 unspecified atom stereocenters. The Balaban J connectivity index is -0.0000000680.